The Balaban J connectivity index is 5.06. The van der Waals surface area contributed by atoms with E-state index < -0.39 is 53.1 Å². The summed E-state index contributed by atoms with van der Waals surface area (Å²) in [6.45, 7) is 4.86. The molecule has 246 valence electrons. The monoisotopic (exact) mass is 677 g/mol. The smallest absolute Gasteiger partial charge is 0.460 e. The summed E-state index contributed by atoms with van der Waals surface area (Å²) >= 11 is 7.42. The average molecular weight is 678 g/mol. The number of nitrogens with zero attached hydrogens (tertiary/aromatic N) is 1. The van der Waals surface area contributed by atoms with E-state index in [2.05, 4.69) is 11.7 Å². The molecule has 0 fully saturated rings. The molecule has 0 aromatic heterocycles. The molecule has 0 aliphatic heterocycles. The van der Waals surface area contributed by atoms with Crippen LogP contribution in [0.25, 0.3) is 0 Å². The topological polar surface area (TPSA) is 50.1 Å². The van der Waals surface area contributed by atoms with Crippen molar-refractivity contribution in [2.24, 2.45) is 5.41 Å². The Morgan fingerprint density at radius 3 is 1.74 bits per heavy atom. The van der Waals surface area contributed by atoms with Crippen molar-refractivity contribution in [3.63, 3.8) is 0 Å². The second-order valence-corrected chi connectivity index (χ2v) is 14.8. The molecule has 42 heavy (non-hydrogen) atoms. The highest BCUT2D eigenvalue weighted by atomic mass is 32.2. The summed E-state index contributed by atoms with van der Waals surface area (Å²) in [5.74, 6) is -20.3. The third-order valence-corrected chi connectivity index (χ3v) is 9.26. The predicted octanol–water partition coefficient (Wildman–Crippen LogP) is 10.8. The van der Waals surface area contributed by atoms with Gasteiger partial charge in [-0.05, 0) is 39.4 Å². The van der Waals surface area contributed by atoms with Gasteiger partial charge in [0.1, 0.15) is 8.28 Å². The Morgan fingerprint density at radius 2 is 1.29 bits per heavy atom. The quantitative estimate of drug-likeness (QED) is 0.0553. The number of thioether (sulfide) groups is 2. The summed E-state index contributed by atoms with van der Waals surface area (Å²) in [4.78, 5) is 12.9. The van der Waals surface area contributed by atoms with Gasteiger partial charge in [-0.1, -0.05) is 88.7 Å². The first-order valence-electron chi connectivity index (χ1n) is 13.7. The molecule has 3 nitrogen and oxygen atoms in total. The van der Waals surface area contributed by atoms with Crippen molar-refractivity contribution >= 4 is 45.2 Å². The molecule has 0 amide bonds. The van der Waals surface area contributed by atoms with Crippen molar-refractivity contribution in [3.8, 4) is 6.07 Å². The molecule has 0 aliphatic rings. The van der Waals surface area contributed by atoms with Crippen molar-refractivity contribution in [1.29, 1.82) is 5.26 Å². The van der Waals surface area contributed by atoms with Crippen LogP contribution in [0, 0.1) is 16.7 Å². The van der Waals surface area contributed by atoms with Gasteiger partial charge in [-0.3, -0.25) is 4.79 Å². The van der Waals surface area contributed by atoms with E-state index in [1.54, 1.807) is 0 Å². The van der Waals surface area contributed by atoms with E-state index in [-0.39, 0.29) is 9.95 Å². The fourth-order valence-electron chi connectivity index (χ4n) is 3.98. The Kier molecular flexibility index (Phi) is 17.2. The van der Waals surface area contributed by atoms with Crippen LogP contribution in [0.3, 0.4) is 0 Å². The molecule has 1 unspecified atom stereocenters. The van der Waals surface area contributed by atoms with Gasteiger partial charge in [-0.25, -0.2) is 0 Å². The maximum atomic E-state index is 13.9. The Morgan fingerprint density at radius 1 is 0.810 bits per heavy atom. The van der Waals surface area contributed by atoms with Gasteiger partial charge >= 0.3 is 29.9 Å². The van der Waals surface area contributed by atoms with E-state index in [0.717, 1.165) is 37.4 Å². The highest BCUT2D eigenvalue weighted by Gasteiger charge is 2.81. The first-order valence-corrected chi connectivity index (χ1v) is 16.0. The SMILES string of the molecule is CCCCCCCCCCCCSC(=S)SC(C)(CC(C)(C)C#N)C(=O)OCCC(F)(F)C(F)(F)C(F)(F)C(F)(F)F. The number of rotatable bonds is 20. The molecular weight excluding hydrogens is 637 g/mol. The minimum absolute atomic E-state index is 0.211. The Labute approximate surface area is 256 Å². The number of carbonyl (C=O) groups is 1. The van der Waals surface area contributed by atoms with E-state index >= 15 is 0 Å². The molecule has 0 aliphatic carbocycles. The zero-order chi connectivity index (χ0) is 32.9. The fraction of sp³-hybridized carbons (Fsp3) is 0.889. The maximum absolute atomic E-state index is 13.9. The van der Waals surface area contributed by atoms with Crippen LogP contribution in [-0.4, -0.2) is 50.5 Å². The van der Waals surface area contributed by atoms with E-state index in [1.165, 1.54) is 71.1 Å². The highest BCUT2D eigenvalue weighted by molar-refractivity contribution is 8.47. The van der Waals surface area contributed by atoms with Crippen LogP contribution in [0.1, 0.15) is 105 Å². The molecule has 0 radical (unpaired) electrons. The molecule has 0 aromatic carbocycles. The second-order valence-electron chi connectivity index (χ2n) is 11.0. The van der Waals surface area contributed by atoms with Crippen LogP contribution in [0.4, 0.5) is 39.5 Å². The first kappa shape index (κ1) is 41.1. The molecule has 0 spiro atoms. The average Bonchev–Trinajstić information content (AvgIpc) is 2.85. The van der Waals surface area contributed by atoms with E-state index in [4.69, 9.17) is 12.2 Å². The number of unbranched alkanes of at least 4 members (excludes halogenated alkanes) is 9. The van der Waals surface area contributed by atoms with Crippen molar-refractivity contribution in [2.75, 3.05) is 12.4 Å². The zero-order valence-electron chi connectivity index (χ0n) is 24.3. The van der Waals surface area contributed by atoms with Crippen LogP contribution in [-0.2, 0) is 9.53 Å². The number of alkyl halides is 9. The van der Waals surface area contributed by atoms with Crippen molar-refractivity contribution in [1.82, 2.24) is 0 Å². The fourth-order valence-corrected chi connectivity index (χ4v) is 7.28. The van der Waals surface area contributed by atoms with Gasteiger partial charge in [-0.2, -0.15) is 44.8 Å². The minimum Gasteiger partial charge on any atom is -0.464 e. The summed E-state index contributed by atoms with van der Waals surface area (Å²) in [5, 5.41) is 9.41. The van der Waals surface area contributed by atoms with E-state index in [9.17, 15) is 49.6 Å². The molecular formula is C27H40F9NO2S3. The molecule has 0 aromatic rings. The lowest BCUT2D eigenvalue weighted by atomic mass is 9.84. The predicted molar refractivity (Wildman–Crippen MR) is 153 cm³/mol. The molecule has 0 heterocycles. The Bertz CT molecular complexity index is 893. The van der Waals surface area contributed by atoms with Crippen LogP contribution in [0.15, 0.2) is 0 Å². The second kappa shape index (κ2) is 17.6. The van der Waals surface area contributed by atoms with Crippen molar-refractivity contribution < 1.29 is 49.0 Å². The zero-order valence-corrected chi connectivity index (χ0v) is 26.7. The summed E-state index contributed by atoms with van der Waals surface area (Å²) in [7, 11) is 0. The molecule has 0 bridgehead atoms. The van der Waals surface area contributed by atoms with Gasteiger partial charge < -0.3 is 4.74 Å². The van der Waals surface area contributed by atoms with Crippen LogP contribution in [0.5, 0.6) is 0 Å². The highest BCUT2D eigenvalue weighted by Crippen LogP contribution is 2.54. The van der Waals surface area contributed by atoms with Crippen LogP contribution < -0.4 is 0 Å². The Hall–Kier alpha value is -0.880. The summed E-state index contributed by atoms with van der Waals surface area (Å²) in [5.41, 5.74) is -1.15. The number of thiocarbonyl (C=S) groups is 1. The third kappa shape index (κ3) is 13.0. The lowest BCUT2D eigenvalue weighted by molar-refractivity contribution is -0.397. The van der Waals surface area contributed by atoms with Crippen LogP contribution in [0.2, 0.25) is 0 Å². The minimum atomic E-state index is -7.02. The van der Waals surface area contributed by atoms with Gasteiger partial charge in [0.05, 0.1) is 24.5 Å². The maximum Gasteiger partial charge on any atom is 0.460 e. The summed E-state index contributed by atoms with van der Waals surface area (Å²) in [6.07, 6.45) is 1.90. The van der Waals surface area contributed by atoms with Gasteiger partial charge in [0.15, 0.2) is 0 Å². The largest absolute Gasteiger partial charge is 0.464 e. The number of esters is 1. The summed E-state index contributed by atoms with van der Waals surface area (Å²) in [6, 6.07) is 1.97. The normalized spacial score (nSPS) is 14.8. The number of halogens is 9. The van der Waals surface area contributed by atoms with Crippen molar-refractivity contribution in [2.45, 2.75) is 133 Å². The van der Waals surface area contributed by atoms with E-state index in [0.29, 0.717) is 5.75 Å². The third-order valence-electron chi connectivity index (χ3n) is 6.40. The first-order chi connectivity index (χ1) is 19.1. The molecule has 0 saturated carbocycles. The molecule has 1 atom stereocenters. The lowest BCUT2D eigenvalue weighted by Crippen LogP contribution is -2.61. The molecule has 15 heteroatoms. The molecule has 0 rings (SSSR count). The van der Waals surface area contributed by atoms with Crippen molar-refractivity contribution in [3.05, 3.63) is 0 Å². The van der Waals surface area contributed by atoms with Gasteiger partial charge in [-0.15, -0.1) is 11.8 Å². The number of carbonyl (C=O) groups excluding carboxylic acids is 1. The number of nitriles is 1. The van der Waals surface area contributed by atoms with Gasteiger partial charge in [0, 0.05) is 0 Å². The molecule has 0 N–H and O–H groups in total. The number of hydrogen-bond donors (Lipinski definition) is 0. The standard InChI is InChI=1S/C27H40F9NO2S3/c1-5-6-7-8-9-10-11-12-13-14-17-41-21(40)42-23(4,18-22(2,3)19-37)20(38)39-16-15-24(28,29)25(30,31)26(32,33)27(34,35)36/h5-18H2,1-4H3. The lowest BCUT2D eigenvalue weighted by Gasteiger charge is -2.34. The number of ether oxygens (including phenoxy) is 1. The number of hydrogen-bond acceptors (Lipinski definition) is 6. The van der Waals surface area contributed by atoms with Crippen LogP contribution >= 0.6 is 35.7 Å². The van der Waals surface area contributed by atoms with Gasteiger partial charge in [0.25, 0.3) is 0 Å². The molecule has 0 saturated heterocycles. The van der Waals surface area contributed by atoms with E-state index in [1.807, 2.05) is 6.07 Å². The van der Waals surface area contributed by atoms with Gasteiger partial charge in [0.2, 0.25) is 0 Å². The summed E-state index contributed by atoms with van der Waals surface area (Å²) < 4.78 is 121.